The standard InChI is InChI=1S/C17H23NO/c1-16(2,3)12-7-8-14-13(11-12)17(15(19)18-14)9-5-4-6-10-17/h7-8,11H,4-6,9-10H2,1-3H3,(H,18,19). The Bertz CT molecular complexity index is 519. The maximum atomic E-state index is 12.5. The third kappa shape index (κ3) is 1.89. The summed E-state index contributed by atoms with van der Waals surface area (Å²) in [5, 5.41) is 3.10. The Morgan fingerprint density at radius 3 is 2.42 bits per heavy atom. The van der Waals surface area contributed by atoms with Crippen molar-refractivity contribution in [3.8, 4) is 0 Å². The minimum atomic E-state index is -0.227. The van der Waals surface area contributed by atoms with E-state index in [1.807, 2.05) is 0 Å². The van der Waals surface area contributed by atoms with Gasteiger partial charge in [-0.15, -0.1) is 0 Å². The summed E-state index contributed by atoms with van der Waals surface area (Å²) in [7, 11) is 0. The SMILES string of the molecule is CC(C)(C)c1ccc2c(c1)C1(CCCCC1)C(=O)N2. The molecule has 2 nitrogen and oxygen atoms in total. The fourth-order valence-electron chi connectivity index (χ4n) is 3.53. The Labute approximate surface area is 115 Å². The normalized spacial score (nSPS) is 21.3. The zero-order valence-corrected chi connectivity index (χ0v) is 12.2. The molecule has 1 heterocycles. The molecule has 1 aromatic carbocycles. The Morgan fingerprint density at radius 2 is 1.79 bits per heavy atom. The van der Waals surface area contributed by atoms with E-state index >= 15 is 0 Å². The second-order valence-corrected chi connectivity index (χ2v) is 7.11. The predicted molar refractivity (Wildman–Crippen MR) is 78.5 cm³/mol. The number of carbonyl (C=O) groups is 1. The number of anilines is 1. The van der Waals surface area contributed by atoms with E-state index in [0.717, 1.165) is 18.5 Å². The quantitative estimate of drug-likeness (QED) is 0.743. The monoisotopic (exact) mass is 257 g/mol. The van der Waals surface area contributed by atoms with Crippen LogP contribution >= 0.6 is 0 Å². The maximum absolute atomic E-state index is 12.5. The van der Waals surface area contributed by atoms with E-state index in [0.29, 0.717) is 0 Å². The minimum Gasteiger partial charge on any atom is -0.325 e. The number of fused-ring (bicyclic) bond motifs is 2. The first-order chi connectivity index (χ1) is 8.93. The molecule has 2 aliphatic rings. The van der Waals surface area contributed by atoms with E-state index in [9.17, 15) is 4.79 Å². The molecular weight excluding hydrogens is 234 g/mol. The Kier molecular flexibility index (Phi) is 2.74. The predicted octanol–water partition coefficient (Wildman–Crippen LogP) is 4.14. The maximum Gasteiger partial charge on any atom is 0.235 e. The van der Waals surface area contributed by atoms with Crippen LogP contribution in [0.25, 0.3) is 0 Å². The molecule has 0 unspecified atom stereocenters. The molecule has 0 radical (unpaired) electrons. The molecule has 1 fully saturated rings. The minimum absolute atomic E-state index is 0.135. The molecule has 0 aromatic heterocycles. The van der Waals surface area contributed by atoms with Crippen molar-refractivity contribution < 1.29 is 4.79 Å². The number of hydrogen-bond acceptors (Lipinski definition) is 1. The molecule has 2 heteroatoms. The lowest BCUT2D eigenvalue weighted by Crippen LogP contribution is -2.36. The topological polar surface area (TPSA) is 29.1 Å². The molecule has 19 heavy (non-hydrogen) atoms. The van der Waals surface area contributed by atoms with Crippen molar-refractivity contribution in [3.05, 3.63) is 29.3 Å². The van der Waals surface area contributed by atoms with Crippen LogP contribution in [-0.4, -0.2) is 5.91 Å². The Hall–Kier alpha value is -1.31. The van der Waals surface area contributed by atoms with Crippen LogP contribution in [0.4, 0.5) is 5.69 Å². The van der Waals surface area contributed by atoms with Gasteiger partial charge in [0, 0.05) is 5.69 Å². The summed E-state index contributed by atoms with van der Waals surface area (Å²) in [4.78, 5) is 12.5. The third-order valence-corrected chi connectivity index (χ3v) is 4.79. The lowest BCUT2D eigenvalue weighted by Gasteiger charge is -2.32. The second-order valence-electron chi connectivity index (χ2n) is 7.11. The van der Waals surface area contributed by atoms with Gasteiger partial charge in [-0.3, -0.25) is 4.79 Å². The molecule has 102 valence electrons. The first kappa shape index (κ1) is 12.7. The highest BCUT2D eigenvalue weighted by Crippen LogP contribution is 2.48. The fourth-order valence-corrected chi connectivity index (χ4v) is 3.53. The van der Waals surface area contributed by atoms with Gasteiger partial charge in [0.25, 0.3) is 0 Å². The summed E-state index contributed by atoms with van der Waals surface area (Å²) in [5.41, 5.74) is 3.53. The van der Waals surface area contributed by atoms with E-state index in [4.69, 9.17) is 0 Å². The van der Waals surface area contributed by atoms with Gasteiger partial charge < -0.3 is 5.32 Å². The van der Waals surface area contributed by atoms with Gasteiger partial charge in [0.2, 0.25) is 5.91 Å². The average molecular weight is 257 g/mol. The molecule has 0 bridgehead atoms. The molecule has 1 aliphatic heterocycles. The summed E-state index contributed by atoms with van der Waals surface area (Å²) >= 11 is 0. The first-order valence-electron chi connectivity index (χ1n) is 7.40. The molecule has 1 aliphatic carbocycles. The number of nitrogens with one attached hydrogen (secondary N) is 1. The first-order valence-corrected chi connectivity index (χ1v) is 7.40. The largest absolute Gasteiger partial charge is 0.325 e. The van der Waals surface area contributed by atoms with E-state index < -0.39 is 0 Å². The molecule has 1 N–H and O–H groups in total. The van der Waals surface area contributed by atoms with Crippen LogP contribution in [0.1, 0.15) is 64.0 Å². The van der Waals surface area contributed by atoms with Crippen LogP contribution < -0.4 is 5.32 Å². The molecule has 0 saturated heterocycles. The number of amides is 1. The summed E-state index contributed by atoms with van der Waals surface area (Å²) in [6, 6.07) is 6.52. The lowest BCUT2D eigenvalue weighted by atomic mass is 9.69. The molecule has 0 atom stereocenters. The Balaban J connectivity index is 2.11. The van der Waals surface area contributed by atoms with E-state index in [1.165, 1.54) is 30.4 Å². The molecule has 1 amide bonds. The van der Waals surface area contributed by atoms with Crippen LogP contribution in [-0.2, 0) is 15.6 Å². The summed E-state index contributed by atoms with van der Waals surface area (Å²) in [5.74, 6) is 0.230. The number of carbonyl (C=O) groups excluding carboxylic acids is 1. The van der Waals surface area contributed by atoms with Crippen LogP contribution in [0.2, 0.25) is 0 Å². The van der Waals surface area contributed by atoms with Crippen LogP contribution in [0.3, 0.4) is 0 Å². The fraction of sp³-hybridized carbons (Fsp3) is 0.588. The molecular formula is C17H23NO. The van der Waals surface area contributed by atoms with Gasteiger partial charge in [-0.05, 0) is 35.4 Å². The highest BCUT2D eigenvalue weighted by Gasteiger charge is 2.47. The van der Waals surface area contributed by atoms with Crippen LogP contribution in [0, 0.1) is 0 Å². The summed E-state index contributed by atoms with van der Waals surface area (Å²) < 4.78 is 0. The van der Waals surface area contributed by atoms with Gasteiger partial charge >= 0.3 is 0 Å². The highest BCUT2D eigenvalue weighted by atomic mass is 16.2. The number of hydrogen-bond donors (Lipinski definition) is 1. The third-order valence-electron chi connectivity index (χ3n) is 4.79. The molecule has 1 aromatic rings. The zero-order valence-electron chi connectivity index (χ0n) is 12.2. The number of benzene rings is 1. The highest BCUT2D eigenvalue weighted by molar-refractivity contribution is 6.06. The summed E-state index contributed by atoms with van der Waals surface area (Å²) in [6.45, 7) is 6.69. The van der Waals surface area contributed by atoms with E-state index in [2.05, 4.69) is 44.3 Å². The van der Waals surface area contributed by atoms with Gasteiger partial charge in [-0.25, -0.2) is 0 Å². The van der Waals surface area contributed by atoms with Crippen molar-refractivity contribution >= 4 is 11.6 Å². The van der Waals surface area contributed by atoms with Crippen molar-refractivity contribution in [3.63, 3.8) is 0 Å². The van der Waals surface area contributed by atoms with Crippen molar-refractivity contribution in [2.45, 2.75) is 63.7 Å². The van der Waals surface area contributed by atoms with Crippen LogP contribution in [0.5, 0.6) is 0 Å². The van der Waals surface area contributed by atoms with Crippen molar-refractivity contribution in [1.82, 2.24) is 0 Å². The van der Waals surface area contributed by atoms with Gasteiger partial charge in [-0.1, -0.05) is 52.2 Å². The molecule has 1 saturated carbocycles. The zero-order chi connectivity index (χ0) is 13.7. The summed E-state index contributed by atoms with van der Waals surface area (Å²) in [6.07, 6.45) is 5.64. The number of rotatable bonds is 0. The van der Waals surface area contributed by atoms with Crippen molar-refractivity contribution in [2.75, 3.05) is 5.32 Å². The smallest absolute Gasteiger partial charge is 0.235 e. The molecule has 3 rings (SSSR count). The van der Waals surface area contributed by atoms with Gasteiger partial charge in [0.15, 0.2) is 0 Å². The van der Waals surface area contributed by atoms with Crippen LogP contribution in [0.15, 0.2) is 18.2 Å². The molecule has 1 spiro atoms. The van der Waals surface area contributed by atoms with Gasteiger partial charge in [-0.2, -0.15) is 0 Å². The van der Waals surface area contributed by atoms with Gasteiger partial charge in [0.1, 0.15) is 0 Å². The van der Waals surface area contributed by atoms with Crippen molar-refractivity contribution in [1.29, 1.82) is 0 Å². The average Bonchev–Trinajstić information content (AvgIpc) is 2.62. The Morgan fingerprint density at radius 1 is 1.11 bits per heavy atom. The second kappa shape index (κ2) is 4.09. The van der Waals surface area contributed by atoms with E-state index in [1.54, 1.807) is 0 Å². The van der Waals surface area contributed by atoms with Crippen molar-refractivity contribution in [2.24, 2.45) is 0 Å². The lowest BCUT2D eigenvalue weighted by molar-refractivity contribution is -0.121. The van der Waals surface area contributed by atoms with E-state index in [-0.39, 0.29) is 16.7 Å². The van der Waals surface area contributed by atoms with Gasteiger partial charge in [0.05, 0.1) is 5.41 Å².